The van der Waals surface area contributed by atoms with Crippen molar-refractivity contribution in [3.05, 3.63) is 11.6 Å². The molecule has 0 bridgehead atoms. The Morgan fingerprint density at radius 2 is 1.77 bits per heavy atom. The average Bonchev–Trinajstić information content (AvgIpc) is 3.19. The van der Waals surface area contributed by atoms with Crippen molar-refractivity contribution in [2.24, 2.45) is 52.3 Å². The van der Waals surface area contributed by atoms with Crippen LogP contribution in [0.3, 0.4) is 0 Å². The van der Waals surface area contributed by atoms with Gasteiger partial charge in [0.1, 0.15) is 0 Å². The van der Waals surface area contributed by atoms with E-state index in [0.29, 0.717) is 16.9 Å². The summed E-state index contributed by atoms with van der Waals surface area (Å²) in [5, 5.41) is 0. The van der Waals surface area contributed by atoms with E-state index in [-0.39, 0.29) is 0 Å². The Kier molecular flexibility index (Phi) is 9.17. The fourth-order valence-corrected chi connectivity index (χ4v) is 9.89. The Balaban J connectivity index is 1.40. The summed E-state index contributed by atoms with van der Waals surface area (Å²) >= 11 is 0. The monoisotopic (exact) mass is 486 g/mol. The first kappa shape index (κ1) is 27.7. The van der Waals surface area contributed by atoms with Gasteiger partial charge in [-0.3, -0.25) is 0 Å². The van der Waals surface area contributed by atoms with E-state index in [9.17, 15) is 0 Å². The summed E-state index contributed by atoms with van der Waals surface area (Å²) in [4.78, 5) is 0. The van der Waals surface area contributed by atoms with Crippen LogP contribution in [0.5, 0.6) is 0 Å². The Labute approximate surface area is 218 Å². The van der Waals surface area contributed by atoms with Crippen LogP contribution < -0.4 is 0 Å². The van der Waals surface area contributed by atoms with Crippen LogP contribution in [-0.2, 0) is 9.47 Å². The molecule has 3 fully saturated rings. The summed E-state index contributed by atoms with van der Waals surface area (Å²) in [6, 6.07) is 0. The van der Waals surface area contributed by atoms with E-state index < -0.39 is 0 Å². The molecule has 0 radical (unpaired) electrons. The average molecular weight is 487 g/mol. The van der Waals surface area contributed by atoms with Crippen molar-refractivity contribution in [1.29, 1.82) is 0 Å². The SMILES string of the molecule is CC[C@H](CC[C@@H](C)[C@H]1CC[C@H]2[C@@H]3CC=C4C[C@@H](OCCCOC)CC[C@]4(C)[C@H]3CCC12C)C(C)C. The van der Waals surface area contributed by atoms with Crippen molar-refractivity contribution in [1.82, 2.24) is 0 Å². The molecule has 202 valence electrons. The molecule has 0 saturated heterocycles. The maximum absolute atomic E-state index is 6.28. The molecule has 35 heavy (non-hydrogen) atoms. The molecule has 0 aromatic carbocycles. The van der Waals surface area contributed by atoms with E-state index in [2.05, 4.69) is 47.6 Å². The molecule has 2 heteroatoms. The smallest absolute Gasteiger partial charge is 0.0612 e. The van der Waals surface area contributed by atoms with E-state index in [1.54, 1.807) is 12.7 Å². The highest BCUT2D eigenvalue weighted by atomic mass is 16.5. The molecule has 9 atom stereocenters. The molecule has 0 heterocycles. The lowest BCUT2D eigenvalue weighted by atomic mass is 9.47. The van der Waals surface area contributed by atoms with Gasteiger partial charge in [0.05, 0.1) is 6.10 Å². The topological polar surface area (TPSA) is 18.5 Å². The molecule has 4 aliphatic rings. The first-order valence-electron chi connectivity index (χ1n) is 15.5. The maximum atomic E-state index is 6.28. The predicted octanol–water partition coefficient (Wildman–Crippen LogP) is 9.09. The third kappa shape index (κ3) is 5.45. The Morgan fingerprint density at radius 3 is 2.49 bits per heavy atom. The maximum Gasteiger partial charge on any atom is 0.0612 e. The van der Waals surface area contributed by atoms with Crippen LogP contribution in [0.4, 0.5) is 0 Å². The van der Waals surface area contributed by atoms with Crippen molar-refractivity contribution in [2.45, 2.75) is 125 Å². The van der Waals surface area contributed by atoms with Gasteiger partial charge in [-0.25, -0.2) is 0 Å². The minimum atomic E-state index is 0.436. The Morgan fingerprint density at radius 1 is 0.971 bits per heavy atom. The molecule has 0 N–H and O–H groups in total. The second-order valence-corrected chi connectivity index (χ2v) is 14.0. The summed E-state index contributed by atoms with van der Waals surface area (Å²) in [5.74, 6) is 6.40. The van der Waals surface area contributed by atoms with Gasteiger partial charge in [-0.05, 0) is 116 Å². The third-order valence-corrected chi connectivity index (χ3v) is 12.1. The molecule has 3 saturated carbocycles. The highest BCUT2D eigenvalue weighted by Crippen LogP contribution is 2.67. The highest BCUT2D eigenvalue weighted by Gasteiger charge is 2.59. The molecule has 0 aromatic rings. The van der Waals surface area contributed by atoms with Gasteiger partial charge in [-0.1, -0.05) is 66.0 Å². The molecule has 4 rings (SSSR count). The quantitative estimate of drug-likeness (QED) is 0.214. The fraction of sp³-hybridized carbons (Fsp3) is 0.939. The predicted molar refractivity (Wildman–Crippen MR) is 148 cm³/mol. The van der Waals surface area contributed by atoms with Crippen molar-refractivity contribution in [3.8, 4) is 0 Å². The second-order valence-electron chi connectivity index (χ2n) is 14.0. The lowest BCUT2D eigenvalue weighted by molar-refractivity contribution is -0.0648. The number of hydrogen-bond acceptors (Lipinski definition) is 2. The molecular weight excluding hydrogens is 428 g/mol. The van der Waals surface area contributed by atoms with Crippen LogP contribution in [0.2, 0.25) is 0 Å². The van der Waals surface area contributed by atoms with E-state index in [1.165, 1.54) is 70.6 Å². The summed E-state index contributed by atoms with van der Waals surface area (Å²) in [6.45, 7) is 16.9. The second kappa shape index (κ2) is 11.6. The summed E-state index contributed by atoms with van der Waals surface area (Å²) < 4.78 is 11.5. The van der Waals surface area contributed by atoms with Crippen LogP contribution in [0.1, 0.15) is 119 Å². The highest BCUT2D eigenvalue weighted by molar-refractivity contribution is 5.25. The molecule has 0 amide bonds. The molecule has 0 spiro atoms. The summed E-state index contributed by atoms with van der Waals surface area (Å²) in [7, 11) is 1.78. The number of allylic oxidation sites excluding steroid dienone is 1. The summed E-state index contributed by atoms with van der Waals surface area (Å²) in [5.41, 5.74) is 2.78. The van der Waals surface area contributed by atoms with Gasteiger partial charge in [0, 0.05) is 20.3 Å². The minimum absolute atomic E-state index is 0.436. The normalized spacial score (nSPS) is 40.6. The third-order valence-electron chi connectivity index (χ3n) is 12.1. The fourth-order valence-electron chi connectivity index (χ4n) is 9.89. The summed E-state index contributed by atoms with van der Waals surface area (Å²) in [6.07, 6.45) is 19.5. The molecule has 0 aliphatic heterocycles. The standard InChI is InChI=1S/C33H58O2/c1-8-25(23(2)3)11-10-24(4)29-14-15-30-28-13-12-26-22-27(35-21-9-20-34-7)16-18-32(26,5)31(28)17-19-33(29,30)6/h12,23-25,27-31H,8-11,13-22H2,1-7H3/t24-,25-,27+,28+,29-,30+,31+,32+,33?/m1/s1. The van der Waals surface area contributed by atoms with E-state index >= 15 is 0 Å². The zero-order valence-electron chi connectivity index (χ0n) is 24.4. The number of fused-ring (bicyclic) bond motifs is 5. The van der Waals surface area contributed by atoms with Gasteiger partial charge in [-0.2, -0.15) is 0 Å². The number of rotatable bonds is 11. The van der Waals surface area contributed by atoms with Crippen LogP contribution >= 0.6 is 0 Å². The van der Waals surface area contributed by atoms with Crippen LogP contribution in [0.25, 0.3) is 0 Å². The minimum Gasteiger partial charge on any atom is -0.385 e. The molecular formula is C33H58O2. The Bertz CT molecular complexity index is 712. The zero-order chi connectivity index (χ0) is 25.2. The largest absolute Gasteiger partial charge is 0.385 e. The first-order valence-corrected chi connectivity index (χ1v) is 15.5. The van der Waals surface area contributed by atoms with Crippen molar-refractivity contribution >= 4 is 0 Å². The van der Waals surface area contributed by atoms with Crippen LogP contribution in [0.15, 0.2) is 11.6 Å². The van der Waals surface area contributed by atoms with Crippen LogP contribution in [0, 0.1) is 52.3 Å². The van der Waals surface area contributed by atoms with Gasteiger partial charge >= 0.3 is 0 Å². The van der Waals surface area contributed by atoms with Gasteiger partial charge in [-0.15, -0.1) is 0 Å². The van der Waals surface area contributed by atoms with E-state index in [1.807, 2.05) is 0 Å². The van der Waals surface area contributed by atoms with E-state index in [0.717, 1.165) is 61.1 Å². The lowest BCUT2D eigenvalue weighted by Crippen LogP contribution is -2.51. The Hall–Kier alpha value is -0.340. The van der Waals surface area contributed by atoms with Gasteiger partial charge in [0.15, 0.2) is 0 Å². The number of methoxy groups -OCH3 is 1. The van der Waals surface area contributed by atoms with Crippen molar-refractivity contribution < 1.29 is 9.47 Å². The van der Waals surface area contributed by atoms with Crippen molar-refractivity contribution in [2.75, 3.05) is 20.3 Å². The molecule has 0 aromatic heterocycles. The number of hydrogen-bond donors (Lipinski definition) is 0. The zero-order valence-corrected chi connectivity index (χ0v) is 24.4. The molecule has 4 aliphatic carbocycles. The number of ether oxygens (including phenoxy) is 2. The van der Waals surface area contributed by atoms with E-state index in [4.69, 9.17) is 9.47 Å². The van der Waals surface area contributed by atoms with Gasteiger partial charge < -0.3 is 9.47 Å². The lowest BCUT2D eigenvalue weighted by Gasteiger charge is -2.58. The van der Waals surface area contributed by atoms with Gasteiger partial charge in [0.2, 0.25) is 0 Å². The molecule has 1 unspecified atom stereocenters. The van der Waals surface area contributed by atoms with Gasteiger partial charge in [0.25, 0.3) is 0 Å². The van der Waals surface area contributed by atoms with Crippen molar-refractivity contribution in [3.63, 3.8) is 0 Å². The first-order chi connectivity index (χ1) is 16.7. The van der Waals surface area contributed by atoms with Crippen LogP contribution in [-0.4, -0.2) is 26.4 Å². The molecule has 2 nitrogen and oxygen atoms in total.